The van der Waals surface area contributed by atoms with E-state index in [0.29, 0.717) is 5.82 Å². The van der Waals surface area contributed by atoms with Gasteiger partial charge in [-0.2, -0.15) is 4.98 Å². The van der Waals surface area contributed by atoms with Crippen molar-refractivity contribution in [1.82, 2.24) is 15.0 Å². The zero-order chi connectivity index (χ0) is 13.5. The molecule has 0 unspecified atom stereocenters. The molecule has 0 fully saturated rings. The van der Waals surface area contributed by atoms with Crippen LogP contribution in [-0.2, 0) is 0 Å². The van der Waals surface area contributed by atoms with E-state index in [1.807, 2.05) is 0 Å². The van der Waals surface area contributed by atoms with Crippen LogP contribution in [-0.4, -0.2) is 16.3 Å². The third kappa shape index (κ3) is 1.79. The molecule has 0 bridgehead atoms. The van der Waals surface area contributed by atoms with E-state index in [4.69, 9.17) is 5.73 Å². The normalized spacial score (nSPS) is 12.4. The molecule has 3 aromatic rings. The molecule has 3 N–H and O–H groups in total. The van der Waals surface area contributed by atoms with Crippen LogP contribution in [0.25, 0.3) is 20.3 Å². The van der Waals surface area contributed by atoms with Gasteiger partial charge in [0.1, 0.15) is 5.69 Å². The number of nitrogens with one attached hydrogen (secondary N) is 1. The number of fused-ring (bicyclic) bond motifs is 1. The molecule has 97 valence electrons. The summed E-state index contributed by atoms with van der Waals surface area (Å²) in [4.78, 5) is 16.1. The van der Waals surface area contributed by atoms with Gasteiger partial charge in [-0.15, -0.1) is 22.7 Å². The second kappa shape index (κ2) is 4.39. The summed E-state index contributed by atoms with van der Waals surface area (Å²) >= 11 is 3.41. The molecular weight excluding hydrogens is 290 g/mol. The first-order chi connectivity index (χ1) is 9.81. The van der Waals surface area contributed by atoms with Gasteiger partial charge in [-0.3, -0.25) is 5.32 Å². The zero-order valence-corrected chi connectivity index (χ0v) is 11.8. The SMILES string of the molecule is Nc1nc2c(c(-c3ccc(-c4cccs4)s3)n1)NC=[N+]2. The van der Waals surface area contributed by atoms with E-state index >= 15 is 0 Å². The summed E-state index contributed by atoms with van der Waals surface area (Å²) in [5.74, 6) is 0.837. The third-order valence-corrected chi connectivity index (χ3v) is 5.06. The van der Waals surface area contributed by atoms with E-state index in [0.717, 1.165) is 16.3 Å². The van der Waals surface area contributed by atoms with E-state index in [-0.39, 0.29) is 5.95 Å². The van der Waals surface area contributed by atoms with Gasteiger partial charge in [0.05, 0.1) is 4.88 Å². The molecule has 7 heteroatoms. The number of thiophene rings is 2. The highest BCUT2D eigenvalue weighted by Crippen LogP contribution is 2.40. The van der Waals surface area contributed by atoms with Crippen LogP contribution in [0, 0.1) is 0 Å². The topological polar surface area (TPSA) is 77.9 Å². The fraction of sp³-hybridized carbons (Fsp3) is 0. The van der Waals surface area contributed by atoms with Crippen molar-refractivity contribution in [1.29, 1.82) is 0 Å². The second-order valence-corrected chi connectivity index (χ2v) is 6.20. The molecule has 0 amide bonds. The third-order valence-electron chi connectivity index (χ3n) is 2.91. The molecule has 4 rings (SSSR count). The molecule has 3 aromatic heterocycles. The minimum absolute atomic E-state index is 0.241. The molecule has 20 heavy (non-hydrogen) atoms. The van der Waals surface area contributed by atoms with Crippen LogP contribution in [0.5, 0.6) is 0 Å². The Kier molecular flexibility index (Phi) is 2.54. The lowest BCUT2D eigenvalue weighted by Crippen LogP contribution is -1.99. The lowest BCUT2D eigenvalue weighted by molar-refractivity contribution is 1.16. The standard InChI is InChI=1S/C13H9N5S2/c14-13-17-10(11-12(18-13)16-6-15-11)9-4-3-8(20-9)7-2-1-5-19-7/h1-6,15H,(H2,14,17,18)/q+1. The maximum Gasteiger partial charge on any atom is 0.341 e. The largest absolute Gasteiger partial charge is 0.354 e. The van der Waals surface area contributed by atoms with Gasteiger partial charge >= 0.3 is 5.82 Å². The number of nitrogen functional groups attached to an aromatic ring is 1. The van der Waals surface area contributed by atoms with Crippen LogP contribution in [0.4, 0.5) is 17.5 Å². The minimum Gasteiger partial charge on any atom is -0.354 e. The molecular formula is C13H9N5S2+. The molecule has 1 radical (unpaired) electrons. The average Bonchev–Trinajstić information content (AvgIpc) is 3.18. The first-order valence-electron chi connectivity index (χ1n) is 5.92. The first-order valence-corrected chi connectivity index (χ1v) is 7.61. The Morgan fingerprint density at radius 1 is 1.10 bits per heavy atom. The fourth-order valence-corrected chi connectivity index (χ4v) is 3.88. The first kappa shape index (κ1) is 11.6. The number of aromatic nitrogens is 2. The molecule has 0 atom stereocenters. The molecule has 0 aromatic carbocycles. The van der Waals surface area contributed by atoms with Gasteiger partial charge in [0.2, 0.25) is 12.0 Å². The second-order valence-electron chi connectivity index (χ2n) is 4.17. The van der Waals surface area contributed by atoms with Crippen LogP contribution >= 0.6 is 22.7 Å². The van der Waals surface area contributed by atoms with Crippen molar-refractivity contribution in [3.63, 3.8) is 0 Å². The molecule has 4 heterocycles. The van der Waals surface area contributed by atoms with Crippen LogP contribution in [0.15, 0.2) is 29.6 Å². The number of hydrogen-bond acceptors (Lipinski definition) is 7. The summed E-state index contributed by atoms with van der Waals surface area (Å²) in [6.45, 7) is 0. The highest BCUT2D eigenvalue weighted by atomic mass is 32.1. The predicted molar refractivity (Wildman–Crippen MR) is 84.6 cm³/mol. The molecule has 1 aliphatic heterocycles. The van der Waals surface area contributed by atoms with Crippen molar-refractivity contribution in [2.75, 3.05) is 11.1 Å². The minimum atomic E-state index is 0.241. The van der Waals surface area contributed by atoms with Crippen molar-refractivity contribution in [2.45, 2.75) is 0 Å². The van der Waals surface area contributed by atoms with Gasteiger partial charge in [-0.25, -0.2) is 0 Å². The highest BCUT2D eigenvalue weighted by Gasteiger charge is 2.26. The van der Waals surface area contributed by atoms with Crippen LogP contribution in [0.2, 0.25) is 0 Å². The van der Waals surface area contributed by atoms with E-state index in [9.17, 15) is 0 Å². The Morgan fingerprint density at radius 3 is 2.85 bits per heavy atom. The molecule has 0 aliphatic carbocycles. The van der Waals surface area contributed by atoms with E-state index in [2.05, 4.69) is 49.9 Å². The van der Waals surface area contributed by atoms with E-state index < -0.39 is 0 Å². The summed E-state index contributed by atoms with van der Waals surface area (Å²) in [6, 6.07) is 8.32. The highest BCUT2D eigenvalue weighted by molar-refractivity contribution is 7.23. The number of nitrogens with two attached hydrogens (primary N) is 1. The predicted octanol–water partition coefficient (Wildman–Crippen LogP) is 2.94. The Labute approximate surface area is 122 Å². The number of nitrogens with zero attached hydrogens (tertiary/aromatic N) is 3. The summed E-state index contributed by atoms with van der Waals surface area (Å²) in [6.07, 6.45) is 1.61. The summed E-state index contributed by atoms with van der Waals surface area (Å²) in [5, 5.41) is 5.15. The van der Waals surface area contributed by atoms with Crippen molar-refractivity contribution in [3.05, 3.63) is 29.6 Å². The maximum atomic E-state index is 5.75. The lowest BCUT2D eigenvalue weighted by atomic mass is 10.2. The average molecular weight is 299 g/mol. The number of hydrogen-bond donors (Lipinski definition) is 2. The quantitative estimate of drug-likeness (QED) is 0.762. The summed E-state index contributed by atoms with van der Waals surface area (Å²) in [5.41, 5.74) is 7.38. The number of rotatable bonds is 2. The van der Waals surface area contributed by atoms with Gasteiger partial charge in [-0.1, -0.05) is 16.0 Å². The Hall–Kier alpha value is -2.25. The van der Waals surface area contributed by atoms with Crippen molar-refractivity contribution in [3.8, 4) is 20.3 Å². The van der Waals surface area contributed by atoms with Gasteiger partial charge in [0.15, 0.2) is 0 Å². The van der Waals surface area contributed by atoms with Gasteiger partial charge in [0, 0.05) is 9.75 Å². The Balaban J connectivity index is 1.83. The molecule has 0 saturated carbocycles. The van der Waals surface area contributed by atoms with E-state index in [1.165, 1.54) is 9.75 Å². The Bertz CT molecular complexity index is 804. The molecule has 0 saturated heterocycles. The molecule has 0 spiro atoms. The molecule has 1 aliphatic rings. The van der Waals surface area contributed by atoms with Gasteiger partial charge in [0.25, 0.3) is 5.95 Å². The molecule has 5 nitrogen and oxygen atoms in total. The zero-order valence-electron chi connectivity index (χ0n) is 10.2. The van der Waals surface area contributed by atoms with Gasteiger partial charge in [-0.05, 0) is 23.6 Å². The van der Waals surface area contributed by atoms with Gasteiger partial charge < -0.3 is 5.73 Å². The van der Waals surface area contributed by atoms with E-state index in [1.54, 1.807) is 29.0 Å². The van der Waals surface area contributed by atoms with Crippen LogP contribution in [0.3, 0.4) is 0 Å². The summed E-state index contributed by atoms with van der Waals surface area (Å²) in [7, 11) is 0. The fourth-order valence-electron chi connectivity index (χ4n) is 2.04. The van der Waals surface area contributed by atoms with Crippen molar-refractivity contribution < 1.29 is 0 Å². The van der Waals surface area contributed by atoms with Crippen LogP contribution < -0.4 is 16.0 Å². The lowest BCUT2D eigenvalue weighted by Gasteiger charge is -1.99. The monoisotopic (exact) mass is 299 g/mol. The maximum absolute atomic E-state index is 5.75. The van der Waals surface area contributed by atoms with Crippen molar-refractivity contribution >= 4 is 46.5 Å². The smallest absolute Gasteiger partial charge is 0.341 e. The summed E-state index contributed by atoms with van der Waals surface area (Å²) < 4.78 is 0. The van der Waals surface area contributed by atoms with Crippen LogP contribution in [0.1, 0.15) is 0 Å². The Morgan fingerprint density at radius 2 is 2.00 bits per heavy atom. The number of anilines is 2. The van der Waals surface area contributed by atoms with Crippen molar-refractivity contribution in [2.24, 2.45) is 0 Å². The number of aliphatic imine (C=N–C) groups is 1.